The van der Waals surface area contributed by atoms with Crippen LogP contribution in [0.3, 0.4) is 0 Å². The molecule has 0 saturated carbocycles. The van der Waals surface area contributed by atoms with E-state index < -0.39 is 0 Å². The molecule has 0 amide bonds. The van der Waals surface area contributed by atoms with Crippen LogP contribution >= 0.6 is 0 Å². The van der Waals surface area contributed by atoms with E-state index in [2.05, 4.69) is 6.07 Å². The topological polar surface area (TPSA) is 55.5 Å². The van der Waals surface area contributed by atoms with Crippen molar-refractivity contribution < 1.29 is 9.84 Å². The van der Waals surface area contributed by atoms with Crippen LogP contribution < -0.4 is 5.73 Å². The van der Waals surface area contributed by atoms with Gasteiger partial charge >= 0.3 is 0 Å². The zero-order valence-corrected chi connectivity index (χ0v) is 11.6. The SMILES string of the molecule is Cc1cccc(C(CN)(CO)CCOC(C)C)c1. The Morgan fingerprint density at radius 3 is 2.61 bits per heavy atom. The van der Waals surface area contributed by atoms with Crippen molar-refractivity contribution in [3.63, 3.8) is 0 Å². The fraction of sp³-hybridized carbons (Fsp3) is 0.600. The second-order valence-electron chi connectivity index (χ2n) is 5.18. The molecule has 0 spiro atoms. The summed E-state index contributed by atoms with van der Waals surface area (Å²) in [5.41, 5.74) is 7.79. The molecule has 0 aromatic heterocycles. The minimum atomic E-state index is -0.388. The van der Waals surface area contributed by atoms with Gasteiger partial charge in [-0.2, -0.15) is 0 Å². The molecule has 1 aromatic carbocycles. The van der Waals surface area contributed by atoms with E-state index in [1.807, 2.05) is 39.0 Å². The van der Waals surface area contributed by atoms with Gasteiger partial charge in [0.1, 0.15) is 0 Å². The lowest BCUT2D eigenvalue weighted by Gasteiger charge is -2.31. The van der Waals surface area contributed by atoms with Gasteiger partial charge in [0.2, 0.25) is 0 Å². The molecule has 1 aromatic rings. The summed E-state index contributed by atoms with van der Waals surface area (Å²) in [6.45, 7) is 7.16. The normalized spacial score (nSPS) is 14.8. The molecule has 0 bridgehead atoms. The fourth-order valence-electron chi connectivity index (χ4n) is 2.06. The van der Waals surface area contributed by atoms with Gasteiger partial charge in [-0.3, -0.25) is 0 Å². The number of hydrogen-bond donors (Lipinski definition) is 2. The smallest absolute Gasteiger partial charge is 0.0541 e. The van der Waals surface area contributed by atoms with Crippen LogP contribution in [0.4, 0.5) is 0 Å². The van der Waals surface area contributed by atoms with Crippen molar-refractivity contribution in [2.75, 3.05) is 19.8 Å². The molecule has 1 atom stereocenters. The summed E-state index contributed by atoms with van der Waals surface area (Å²) in [5.74, 6) is 0. The highest BCUT2D eigenvalue weighted by molar-refractivity contribution is 5.30. The van der Waals surface area contributed by atoms with E-state index in [9.17, 15) is 5.11 Å². The van der Waals surface area contributed by atoms with Crippen molar-refractivity contribution in [1.82, 2.24) is 0 Å². The highest BCUT2D eigenvalue weighted by Crippen LogP contribution is 2.27. The van der Waals surface area contributed by atoms with Crippen LogP contribution in [-0.2, 0) is 10.2 Å². The maximum Gasteiger partial charge on any atom is 0.0541 e. The number of benzene rings is 1. The molecule has 0 aliphatic heterocycles. The van der Waals surface area contributed by atoms with E-state index in [0.717, 1.165) is 12.0 Å². The fourth-order valence-corrected chi connectivity index (χ4v) is 2.06. The Bertz CT molecular complexity index is 359. The largest absolute Gasteiger partial charge is 0.395 e. The van der Waals surface area contributed by atoms with Crippen molar-refractivity contribution in [2.45, 2.75) is 38.7 Å². The molecule has 18 heavy (non-hydrogen) atoms. The van der Waals surface area contributed by atoms with Crippen molar-refractivity contribution in [3.8, 4) is 0 Å². The summed E-state index contributed by atoms with van der Waals surface area (Å²) in [4.78, 5) is 0. The third kappa shape index (κ3) is 3.80. The third-order valence-corrected chi connectivity index (χ3v) is 3.36. The minimum Gasteiger partial charge on any atom is -0.395 e. The molecule has 0 saturated heterocycles. The molecular formula is C15H25NO2. The molecule has 0 fully saturated rings. The number of nitrogens with two attached hydrogens (primary N) is 1. The predicted octanol–water partition coefficient (Wildman–Crippen LogP) is 2.00. The Balaban J connectivity index is 2.85. The standard InChI is InChI=1S/C15H25NO2/c1-12(2)18-8-7-15(10-16,11-17)14-6-4-5-13(3)9-14/h4-6,9,12,17H,7-8,10-11,16H2,1-3H3. The number of aliphatic hydroxyl groups is 1. The molecule has 1 unspecified atom stereocenters. The highest BCUT2D eigenvalue weighted by Gasteiger charge is 2.30. The van der Waals surface area contributed by atoms with Gasteiger partial charge in [0, 0.05) is 18.6 Å². The highest BCUT2D eigenvalue weighted by atomic mass is 16.5. The van der Waals surface area contributed by atoms with Crippen molar-refractivity contribution in [1.29, 1.82) is 0 Å². The maximum atomic E-state index is 9.75. The molecule has 0 radical (unpaired) electrons. The Kier molecular flexibility index (Phi) is 5.79. The monoisotopic (exact) mass is 251 g/mol. The molecular weight excluding hydrogens is 226 g/mol. The van der Waals surface area contributed by atoms with Crippen LogP contribution in [0, 0.1) is 6.92 Å². The molecule has 0 aliphatic carbocycles. The average Bonchev–Trinajstić information content (AvgIpc) is 2.35. The quantitative estimate of drug-likeness (QED) is 0.779. The summed E-state index contributed by atoms with van der Waals surface area (Å²) >= 11 is 0. The second kappa shape index (κ2) is 6.88. The first-order valence-corrected chi connectivity index (χ1v) is 6.54. The van der Waals surface area contributed by atoms with E-state index >= 15 is 0 Å². The zero-order chi connectivity index (χ0) is 13.6. The van der Waals surface area contributed by atoms with E-state index in [4.69, 9.17) is 10.5 Å². The zero-order valence-electron chi connectivity index (χ0n) is 11.6. The van der Waals surface area contributed by atoms with Gasteiger partial charge in [-0.25, -0.2) is 0 Å². The summed E-state index contributed by atoms with van der Waals surface area (Å²) in [6.07, 6.45) is 0.943. The van der Waals surface area contributed by atoms with E-state index in [0.29, 0.717) is 13.2 Å². The molecule has 102 valence electrons. The first-order valence-electron chi connectivity index (χ1n) is 6.54. The number of ether oxygens (including phenoxy) is 1. The van der Waals surface area contributed by atoms with E-state index in [1.54, 1.807) is 0 Å². The summed E-state index contributed by atoms with van der Waals surface area (Å²) in [7, 11) is 0. The van der Waals surface area contributed by atoms with Gasteiger partial charge in [0.05, 0.1) is 12.7 Å². The van der Waals surface area contributed by atoms with Crippen molar-refractivity contribution >= 4 is 0 Å². The van der Waals surface area contributed by atoms with Crippen molar-refractivity contribution in [2.24, 2.45) is 5.73 Å². The predicted molar refractivity (Wildman–Crippen MR) is 74.7 cm³/mol. The van der Waals surface area contributed by atoms with Gasteiger partial charge in [0.25, 0.3) is 0 Å². The number of aryl methyl sites for hydroxylation is 1. The van der Waals surface area contributed by atoms with Gasteiger partial charge in [-0.1, -0.05) is 29.8 Å². The molecule has 3 heteroatoms. The van der Waals surface area contributed by atoms with Crippen LogP contribution in [0.1, 0.15) is 31.4 Å². The number of rotatable bonds is 7. The molecule has 1 rings (SSSR count). The van der Waals surface area contributed by atoms with Crippen LogP contribution in [0.25, 0.3) is 0 Å². The van der Waals surface area contributed by atoms with E-state index in [-0.39, 0.29) is 18.1 Å². The van der Waals surface area contributed by atoms with Gasteiger partial charge in [-0.15, -0.1) is 0 Å². The summed E-state index contributed by atoms with van der Waals surface area (Å²) < 4.78 is 5.59. The first-order chi connectivity index (χ1) is 8.54. The van der Waals surface area contributed by atoms with Crippen LogP contribution in [0.5, 0.6) is 0 Å². The first kappa shape index (κ1) is 15.2. The Labute approximate surface area is 110 Å². The second-order valence-corrected chi connectivity index (χ2v) is 5.18. The lowest BCUT2D eigenvalue weighted by atomic mass is 9.78. The van der Waals surface area contributed by atoms with E-state index in [1.165, 1.54) is 5.56 Å². The number of hydrogen-bond acceptors (Lipinski definition) is 3. The van der Waals surface area contributed by atoms with Crippen LogP contribution in [-0.4, -0.2) is 31.0 Å². The van der Waals surface area contributed by atoms with Crippen LogP contribution in [0.15, 0.2) is 24.3 Å². The minimum absolute atomic E-state index is 0.0500. The molecule has 3 N–H and O–H groups in total. The van der Waals surface area contributed by atoms with Gasteiger partial charge in [-0.05, 0) is 32.8 Å². The molecule has 0 aliphatic rings. The Morgan fingerprint density at radius 2 is 2.11 bits per heavy atom. The number of aliphatic hydroxyl groups excluding tert-OH is 1. The molecule has 3 nitrogen and oxygen atoms in total. The van der Waals surface area contributed by atoms with Crippen molar-refractivity contribution in [3.05, 3.63) is 35.4 Å². The lowest BCUT2D eigenvalue weighted by molar-refractivity contribution is 0.0545. The maximum absolute atomic E-state index is 9.75. The summed E-state index contributed by atoms with van der Waals surface area (Å²) in [6, 6.07) is 8.19. The van der Waals surface area contributed by atoms with Crippen LogP contribution in [0.2, 0.25) is 0 Å². The lowest BCUT2D eigenvalue weighted by Crippen LogP contribution is -2.40. The third-order valence-electron chi connectivity index (χ3n) is 3.36. The van der Waals surface area contributed by atoms with Gasteiger partial charge in [0.15, 0.2) is 0 Å². The molecule has 0 heterocycles. The Morgan fingerprint density at radius 1 is 1.39 bits per heavy atom. The Hall–Kier alpha value is -0.900. The summed E-state index contributed by atoms with van der Waals surface area (Å²) in [5, 5.41) is 9.75. The van der Waals surface area contributed by atoms with Gasteiger partial charge < -0.3 is 15.6 Å². The average molecular weight is 251 g/mol.